The van der Waals surface area contributed by atoms with Crippen molar-refractivity contribution in [3.8, 4) is 11.6 Å². The second-order valence-electron chi connectivity index (χ2n) is 7.24. The molecule has 0 aliphatic heterocycles. The molecule has 1 atom stereocenters. The van der Waals surface area contributed by atoms with Crippen LogP contribution < -0.4 is 15.6 Å². The van der Waals surface area contributed by atoms with Crippen LogP contribution in [-0.4, -0.2) is 21.8 Å². The third-order valence-electron chi connectivity index (χ3n) is 4.95. The zero-order chi connectivity index (χ0) is 21.1. The number of carbonyl (C=O) groups excluding carboxylic acids is 1. The lowest BCUT2D eigenvalue weighted by Gasteiger charge is -2.15. The summed E-state index contributed by atoms with van der Waals surface area (Å²) < 4.78 is 6.96. The van der Waals surface area contributed by atoms with Gasteiger partial charge in [-0.2, -0.15) is 4.68 Å². The number of hydrogen-bond donors (Lipinski definition) is 1. The molecule has 0 radical (unpaired) electrons. The Morgan fingerprint density at radius 2 is 1.59 bits per heavy atom. The number of carbonyl (C=O) groups is 1. The number of rotatable bonds is 5. The standard InChI is InChI=1S/C23H25N3O3/c1-14-6-8-19(12-16(14)3)24-23(28)18(5)29-21-10-11-22(27)26(25-21)20-9-7-15(2)17(4)13-20/h6-13,18H,1-5H3,(H,24,28)/t18-/m1/s1. The van der Waals surface area contributed by atoms with Gasteiger partial charge in [0.25, 0.3) is 11.5 Å². The molecule has 0 bridgehead atoms. The Morgan fingerprint density at radius 1 is 0.931 bits per heavy atom. The highest BCUT2D eigenvalue weighted by atomic mass is 16.5. The quantitative estimate of drug-likeness (QED) is 0.716. The summed E-state index contributed by atoms with van der Waals surface area (Å²) in [5.74, 6) is -0.0930. The molecule has 1 N–H and O–H groups in total. The van der Waals surface area contributed by atoms with E-state index >= 15 is 0 Å². The molecule has 0 saturated carbocycles. The van der Waals surface area contributed by atoms with Crippen LogP contribution >= 0.6 is 0 Å². The van der Waals surface area contributed by atoms with Gasteiger partial charge in [0.15, 0.2) is 6.10 Å². The first-order chi connectivity index (χ1) is 13.7. The third kappa shape index (κ3) is 4.71. The number of benzene rings is 2. The molecular weight excluding hydrogens is 366 g/mol. The van der Waals surface area contributed by atoms with Gasteiger partial charge in [0.1, 0.15) is 0 Å². The molecule has 0 unspecified atom stereocenters. The first kappa shape index (κ1) is 20.3. The van der Waals surface area contributed by atoms with E-state index in [2.05, 4.69) is 10.4 Å². The van der Waals surface area contributed by atoms with Gasteiger partial charge in [-0.3, -0.25) is 9.59 Å². The largest absolute Gasteiger partial charge is 0.463 e. The van der Waals surface area contributed by atoms with Gasteiger partial charge in [0.05, 0.1) is 5.69 Å². The Labute approximate surface area is 170 Å². The van der Waals surface area contributed by atoms with Crippen LogP contribution in [0.5, 0.6) is 5.88 Å². The zero-order valence-electron chi connectivity index (χ0n) is 17.3. The summed E-state index contributed by atoms with van der Waals surface area (Å²) in [6.07, 6.45) is -0.783. The second-order valence-corrected chi connectivity index (χ2v) is 7.24. The summed E-state index contributed by atoms with van der Waals surface area (Å²) >= 11 is 0. The average molecular weight is 391 g/mol. The van der Waals surface area contributed by atoms with E-state index in [-0.39, 0.29) is 17.3 Å². The number of hydrogen-bond acceptors (Lipinski definition) is 4. The Balaban J connectivity index is 1.77. The summed E-state index contributed by atoms with van der Waals surface area (Å²) in [5.41, 5.74) is 5.53. The SMILES string of the molecule is Cc1ccc(NC(=O)[C@@H](C)Oc2ccc(=O)n(-c3ccc(C)c(C)c3)n2)cc1C. The fraction of sp³-hybridized carbons (Fsp3) is 0.261. The number of aryl methyl sites for hydroxylation is 4. The minimum atomic E-state index is -0.783. The molecule has 6 heteroatoms. The molecule has 29 heavy (non-hydrogen) atoms. The second kappa shape index (κ2) is 8.31. The number of amides is 1. The normalized spacial score (nSPS) is 11.8. The molecule has 1 aromatic heterocycles. The molecule has 2 aromatic carbocycles. The van der Waals surface area contributed by atoms with Crippen molar-refractivity contribution >= 4 is 11.6 Å². The summed E-state index contributed by atoms with van der Waals surface area (Å²) in [4.78, 5) is 24.7. The molecule has 3 rings (SSSR count). The summed E-state index contributed by atoms with van der Waals surface area (Å²) in [6.45, 7) is 9.63. The lowest BCUT2D eigenvalue weighted by molar-refractivity contribution is -0.122. The van der Waals surface area contributed by atoms with Gasteiger partial charge in [-0.25, -0.2) is 0 Å². The molecule has 0 spiro atoms. The van der Waals surface area contributed by atoms with Crippen LogP contribution in [0, 0.1) is 27.7 Å². The number of nitrogens with one attached hydrogen (secondary N) is 1. The van der Waals surface area contributed by atoms with Crippen LogP contribution in [0.25, 0.3) is 5.69 Å². The van der Waals surface area contributed by atoms with Gasteiger partial charge < -0.3 is 10.1 Å². The van der Waals surface area contributed by atoms with Gasteiger partial charge in [0.2, 0.25) is 5.88 Å². The van der Waals surface area contributed by atoms with E-state index in [1.807, 2.05) is 64.1 Å². The first-order valence-electron chi connectivity index (χ1n) is 9.47. The molecule has 0 fully saturated rings. The molecule has 150 valence electrons. The van der Waals surface area contributed by atoms with Gasteiger partial charge >= 0.3 is 0 Å². The van der Waals surface area contributed by atoms with Crippen molar-refractivity contribution in [2.75, 3.05) is 5.32 Å². The average Bonchev–Trinajstić information content (AvgIpc) is 2.68. The summed E-state index contributed by atoms with van der Waals surface area (Å²) in [7, 11) is 0. The summed E-state index contributed by atoms with van der Waals surface area (Å²) in [5, 5.41) is 7.11. The third-order valence-corrected chi connectivity index (χ3v) is 4.95. The molecular formula is C23H25N3O3. The number of ether oxygens (including phenoxy) is 1. The van der Waals surface area contributed by atoms with Crippen molar-refractivity contribution in [2.24, 2.45) is 0 Å². The van der Waals surface area contributed by atoms with E-state index in [1.165, 1.54) is 16.8 Å². The maximum absolute atomic E-state index is 12.5. The molecule has 3 aromatic rings. The molecule has 1 amide bonds. The minimum Gasteiger partial charge on any atom is -0.463 e. The Kier molecular flexibility index (Phi) is 5.82. The zero-order valence-corrected chi connectivity index (χ0v) is 17.3. The molecule has 0 saturated heterocycles. The van der Waals surface area contributed by atoms with Crippen molar-refractivity contribution in [1.29, 1.82) is 0 Å². The van der Waals surface area contributed by atoms with Crippen LogP contribution in [-0.2, 0) is 4.79 Å². The van der Waals surface area contributed by atoms with Crippen LogP contribution in [0.15, 0.2) is 53.3 Å². The van der Waals surface area contributed by atoms with E-state index in [9.17, 15) is 9.59 Å². The van der Waals surface area contributed by atoms with E-state index in [0.717, 1.165) is 22.3 Å². The van der Waals surface area contributed by atoms with Crippen LogP contribution in [0.1, 0.15) is 29.2 Å². The molecule has 0 aliphatic carbocycles. The fourth-order valence-electron chi connectivity index (χ4n) is 2.80. The van der Waals surface area contributed by atoms with Crippen LogP contribution in [0.4, 0.5) is 5.69 Å². The van der Waals surface area contributed by atoms with Crippen molar-refractivity contribution < 1.29 is 9.53 Å². The van der Waals surface area contributed by atoms with Gasteiger partial charge in [-0.1, -0.05) is 12.1 Å². The first-order valence-corrected chi connectivity index (χ1v) is 9.47. The Bertz CT molecular complexity index is 1120. The fourth-order valence-corrected chi connectivity index (χ4v) is 2.80. The lowest BCUT2D eigenvalue weighted by Crippen LogP contribution is -2.31. The van der Waals surface area contributed by atoms with E-state index in [0.29, 0.717) is 11.4 Å². The van der Waals surface area contributed by atoms with E-state index < -0.39 is 6.10 Å². The summed E-state index contributed by atoms with van der Waals surface area (Å²) in [6, 6.07) is 14.2. The predicted octanol–water partition coefficient (Wildman–Crippen LogP) is 3.87. The van der Waals surface area contributed by atoms with Crippen molar-refractivity contribution in [3.05, 3.63) is 81.1 Å². The highest BCUT2D eigenvalue weighted by Gasteiger charge is 2.17. The smallest absolute Gasteiger partial charge is 0.271 e. The monoisotopic (exact) mass is 391 g/mol. The highest BCUT2D eigenvalue weighted by Crippen LogP contribution is 2.16. The Morgan fingerprint density at radius 3 is 2.24 bits per heavy atom. The van der Waals surface area contributed by atoms with Crippen molar-refractivity contribution in [3.63, 3.8) is 0 Å². The van der Waals surface area contributed by atoms with Crippen molar-refractivity contribution in [2.45, 2.75) is 40.7 Å². The number of anilines is 1. The number of nitrogens with zero attached hydrogens (tertiary/aromatic N) is 2. The maximum Gasteiger partial charge on any atom is 0.271 e. The van der Waals surface area contributed by atoms with Gasteiger partial charge in [-0.15, -0.1) is 5.10 Å². The molecule has 6 nitrogen and oxygen atoms in total. The van der Waals surface area contributed by atoms with Crippen molar-refractivity contribution in [1.82, 2.24) is 9.78 Å². The predicted molar refractivity (Wildman–Crippen MR) is 114 cm³/mol. The maximum atomic E-state index is 12.5. The van der Waals surface area contributed by atoms with Gasteiger partial charge in [-0.05, 0) is 81.1 Å². The number of aromatic nitrogens is 2. The lowest BCUT2D eigenvalue weighted by atomic mass is 10.1. The minimum absolute atomic E-state index is 0.200. The Hall–Kier alpha value is -3.41. The van der Waals surface area contributed by atoms with Crippen LogP contribution in [0.2, 0.25) is 0 Å². The van der Waals surface area contributed by atoms with E-state index in [1.54, 1.807) is 6.92 Å². The van der Waals surface area contributed by atoms with Gasteiger partial charge in [0, 0.05) is 17.8 Å². The molecule has 0 aliphatic rings. The molecule has 1 heterocycles. The highest BCUT2D eigenvalue weighted by molar-refractivity contribution is 5.94. The van der Waals surface area contributed by atoms with Crippen LogP contribution in [0.3, 0.4) is 0 Å². The topological polar surface area (TPSA) is 73.2 Å². The van der Waals surface area contributed by atoms with E-state index in [4.69, 9.17) is 4.74 Å².